The number of nitrogens with one attached hydrogen (secondary N) is 1. The van der Waals surface area contributed by atoms with Crippen molar-refractivity contribution in [2.24, 2.45) is 0 Å². The van der Waals surface area contributed by atoms with Crippen LogP contribution in [0.4, 0.5) is 5.69 Å². The topological polar surface area (TPSA) is 41.6 Å². The van der Waals surface area contributed by atoms with Crippen molar-refractivity contribution in [3.8, 4) is 11.5 Å². The van der Waals surface area contributed by atoms with E-state index in [1.165, 1.54) is 0 Å². The third kappa shape index (κ3) is 4.42. The fourth-order valence-electron chi connectivity index (χ4n) is 2.89. The Balaban J connectivity index is 1.69. The third-order valence-corrected chi connectivity index (χ3v) is 4.45. The maximum Gasteiger partial charge on any atom is 0.209 e. The molecule has 0 aliphatic carbocycles. The largest absolute Gasteiger partial charge is 0.455 e. The maximum atomic E-state index is 10.9. The van der Waals surface area contributed by atoms with Crippen molar-refractivity contribution in [3.63, 3.8) is 0 Å². The Morgan fingerprint density at radius 1 is 1.08 bits per heavy atom. The predicted octanol–water partition coefficient (Wildman–Crippen LogP) is 4.56. The van der Waals surface area contributed by atoms with Gasteiger partial charge >= 0.3 is 0 Å². The highest BCUT2D eigenvalue weighted by Crippen LogP contribution is 2.31. The lowest BCUT2D eigenvalue weighted by molar-refractivity contribution is -0.118. The summed E-state index contributed by atoms with van der Waals surface area (Å²) in [7, 11) is 0. The Hall–Kier alpha value is -2.20. The zero-order valence-electron chi connectivity index (χ0n) is 13.5. The van der Waals surface area contributed by atoms with Crippen LogP contribution in [-0.4, -0.2) is 30.4 Å². The number of likely N-dealkylation sites (tertiary alicyclic amines) is 1. The van der Waals surface area contributed by atoms with Crippen molar-refractivity contribution in [1.82, 2.24) is 4.90 Å². The Bertz CT molecular complexity index is 675. The molecule has 1 saturated heterocycles. The molecule has 3 rings (SSSR count). The molecule has 0 aromatic heterocycles. The number of ether oxygens (including phenoxy) is 1. The van der Waals surface area contributed by atoms with E-state index in [1.54, 1.807) is 0 Å². The van der Waals surface area contributed by atoms with Crippen LogP contribution in [0.5, 0.6) is 11.5 Å². The van der Waals surface area contributed by atoms with Gasteiger partial charge in [-0.15, -0.1) is 0 Å². The molecule has 1 fully saturated rings. The van der Waals surface area contributed by atoms with Crippen LogP contribution in [-0.2, 0) is 4.79 Å². The van der Waals surface area contributed by atoms with Crippen molar-refractivity contribution >= 4 is 23.7 Å². The first kappa shape index (κ1) is 16.7. The molecule has 1 N–H and O–H groups in total. The van der Waals surface area contributed by atoms with Crippen molar-refractivity contribution in [1.29, 1.82) is 0 Å². The van der Waals surface area contributed by atoms with E-state index in [-0.39, 0.29) is 0 Å². The lowest BCUT2D eigenvalue weighted by Crippen LogP contribution is -2.25. The first-order chi connectivity index (χ1) is 11.7. The molecule has 24 heavy (non-hydrogen) atoms. The zero-order chi connectivity index (χ0) is 16.8. The van der Waals surface area contributed by atoms with Crippen molar-refractivity contribution in [2.45, 2.75) is 25.3 Å². The average molecular weight is 345 g/mol. The number of hydrogen-bond donors (Lipinski definition) is 1. The number of anilines is 1. The van der Waals surface area contributed by atoms with Gasteiger partial charge < -0.3 is 15.0 Å². The van der Waals surface area contributed by atoms with E-state index in [2.05, 4.69) is 5.32 Å². The fraction of sp³-hybridized carbons (Fsp3) is 0.316. The number of amides is 1. The lowest BCUT2D eigenvalue weighted by atomic mass is 10.1. The third-order valence-electron chi connectivity index (χ3n) is 4.20. The van der Waals surface area contributed by atoms with E-state index in [1.807, 2.05) is 53.4 Å². The van der Waals surface area contributed by atoms with E-state index in [0.29, 0.717) is 11.1 Å². The summed E-state index contributed by atoms with van der Waals surface area (Å²) in [6.07, 6.45) is 3.93. The van der Waals surface area contributed by atoms with E-state index in [0.717, 1.165) is 55.9 Å². The van der Waals surface area contributed by atoms with E-state index < -0.39 is 0 Å². The Morgan fingerprint density at radius 3 is 2.67 bits per heavy atom. The maximum absolute atomic E-state index is 10.9. The van der Waals surface area contributed by atoms with Crippen LogP contribution < -0.4 is 10.1 Å². The number of carbonyl (C=O) groups is 1. The van der Waals surface area contributed by atoms with Crippen LogP contribution in [0.15, 0.2) is 48.5 Å². The number of hydrogen-bond acceptors (Lipinski definition) is 3. The summed E-state index contributed by atoms with van der Waals surface area (Å²) in [4.78, 5) is 12.8. The van der Waals surface area contributed by atoms with E-state index in [9.17, 15) is 4.79 Å². The fourth-order valence-corrected chi connectivity index (χ4v) is 3.02. The van der Waals surface area contributed by atoms with Crippen LogP contribution >= 0.6 is 11.6 Å². The number of nitrogens with zero attached hydrogens (tertiary/aromatic N) is 1. The summed E-state index contributed by atoms with van der Waals surface area (Å²) in [5.41, 5.74) is 0.969. The molecule has 1 aliphatic rings. The van der Waals surface area contributed by atoms with Crippen LogP contribution in [0.3, 0.4) is 0 Å². The minimum atomic E-state index is 0.338. The van der Waals surface area contributed by atoms with Gasteiger partial charge in [-0.05, 0) is 55.7 Å². The molecule has 1 heterocycles. The van der Waals surface area contributed by atoms with Gasteiger partial charge in [0.2, 0.25) is 6.41 Å². The van der Waals surface area contributed by atoms with Gasteiger partial charge in [0, 0.05) is 24.2 Å². The first-order valence-electron chi connectivity index (χ1n) is 8.23. The molecule has 0 spiro atoms. The number of benzene rings is 2. The van der Waals surface area contributed by atoms with Gasteiger partial charge in [-0.3, -0.25) is 4.79 Å². The van der Waals surface area contributed by atoms with Gasteiger partial charge in [0.15, 0.2) is 5.75 Å². The van der Waals surface area contributed by atoms with Crippen LogP contribution in [0.1, 0.15) is 19.3 Å². The van der Waals surface area contributed by atoms with Crippen LogP contribution in [0, 0.1) is 0 Å². The molecule has 1 unspecified atom stereocenters. The summed E-state index contributed by atoms with van der Waals surface area (Å²) in [6.45, 7) is 1.63. The molecule has 2 aromatic carbocycles. The molecule has 1 amide bonds. The highest BCUT2D eigenvalue weighted by Gasteiger charge is 2.17. The molecule has 5 heteroatoms. The quantitative estimate of drug-likeness (QED) is 0.809. The molecule has 1 atom stereocenters. The summed E-state index contributed by atoms with van der Waals surface area (Å²) < 4.78 is 5.99. The number of halogens is 1. The standard InChI is InChI=1S/C19H21ClN2O2/c20-15-7-9-17(10-8-15)24-19-6-2-1-5-18(19)21-16-4-3-12-22(14-23)13-11-16/h1-2,5-10,14,16,21H,3-4,11-13H2. The molecule has 0 radical (unpaired) electrons. The predicted molar refractivity (Wildman–Crippen MR) is 96.9 cm³/mol. The molecule has 0 saturated carbocycles. The van der Waals surface area contributed by atoms with Crippen molar-refractivity contribution in [3.05, 3.63) is 53.6 Å². The van der Waals surface area contributed by atoms with Crippen molar-refractivity contribution < 1.29 is 9.53 Å². The van der Waals surface area contributed by atoms with Crippen molar-refractivity contribution in [2.75, 3.05) is 18.4 Å². The zero-order valence-corrected chi connectivity index (χ0v) is 14.2. The average Bonchev–Trinajstić information content (AvgIpc) is 2.84. The van der Waals surface area contributed by atoms with Gasteiger partial charge in [0.25, 0.3) is 0 Å². The highest BCUT2D eigenvalue weighted by molar-refractivity contribution is 6.30. The minimum absolute atomic E-state index is 0.338. The number of rotatable bonds is 5. The number of carbonyl (C=O) groups excluding carboxylic acids is 1. The summed E-state index contributed by atoms with van der Waals surface area (Å²) in [6, 6.07) is 15.6. The van der Waals surface area contributed by atoms with Gasteiger partial charge in [0.1, 0.15) is 5.75 Å². The second-order valence-corrected chi connectivity index (χ2v) is 6.40. The minimum Gasteiger partial charge on any atom is -0.455 e. The molecule has 0 bridgehead atoms. The summed E-state index contributed by atoms with van der Waals surface area (Å²) in [5.74, 6) is 1.54. The Morgan fingerprint density at radius 2 is 1.88 bits per heavy atom. The molecular weight excluding hydrogens is 324 g/mol. The molecular formula is C19H21ClN2O2. The second kappa shape index (κ2) is 8.06. The van der Waals surface area contributed by atoms with Crippen LogP contribution in [0.25, 0.3) is 0 Å². The molecule has 126 valence electrons. The van der Waals surface area contributed by atoms with Gasteiger partial charge in [-0.25, -0.2) is 0 Å². The van der Waals surface area contributed by atoms with Gasteiger partial charge in [0.05, 0.1) is 5.69 Å². The Kier molecular flexibility index (Phi) is 5.59. The SMILES string of the molecule is O=CN1CCCC(Nc2ccccc2Oc2ccc(Cl)cc2)CC1. The van der Waals surface area contributed by atoms with Crippen LogP contribution in [0.2, 0.25) is 5.02 Å². The first-order valence-corrected chi connectivity index (χ1v) is 8.61. The molecule has 1 aliphatic heterocycles. The normalized spacial score (nSPS) is 17.9. The van der Waals surface area contributed by atoms with E-state index >= 15 is 0 Å². The molecule has 4 nitrogen and oxygen atoms in total. The summed E-state index contributed by atoms with van der Waals surface area (Å²) in [5, 5.41) is 4.26. The summed E-state index contributed by atoms with van der Waals surface area (Å²) >= 11 is 5.92. The highest BCUT2D eigenvalue weighted by atomic mass is 35.5. The van der Waals surface area contributed by atoms with Gasteiger partial charge in [-0.1, -0.05) is 23.7 Å². The smallest absolute Gasteiger partial charge is 0.209 e. The molecule has 2 aromatic rings. The Labute approximate surface area is 147 Å². The second-order valence-electron chi connectivity index (χ2n) is 5.97. The van der Waals surface area contributed by atoms with Gasteiger partial charge in [-0.2, -0.15) is 0 Å². The lowest BCUT2D eigenvalue weighted by Gasteiger charge is -2.20. The monoisotopic (exact) mass is 344 g/mol. The van der Waals surface area contributed by atoms with E-state index in [4.69, 9.17) is 16.3 Å². The number of para-hydroxylation sites is 2.